The number of hydrogen-bond acceptors (Lipinski definition) is 4. The smallest absolute Gasteiger partial charge is 0.243 e. The van der Waals surface area contributed by atoms with Crippen molar-refractivity contribution in [1.82, 2.24) is 15.5 Å². The van der Waals surface area contributed by atoms with Crippen LogP contribution in [0.15, 0.2) is 4.99 Å². The summed E-state index contributed by atoms with van der Waals surface area (Å²) in [5.41, 5.74) is 0. The van der Waals surface area contributed by atoms with Crippen LogP contribution in [0.5, 0.6) is 0 Å². The molecule has 132 valence electrons. The van der Waals surface area contributed by atoms with Gasteiger partial charge in [-0.25, -0.2) is 4.99 Å². The van der Waals surface area contributed by atoms with Crippen LogP contribution >= 0.6 is 0 Å². The Morgan fingerprint density at radius 1 is 1.39 bits per heavy atom. The van der Waals surface area contributed by atoms with Gasteiger partial charge in [-0.15, -0.1) is 0 Å². The zero-order chi connectivity index (χ0) is 16.7. The zero-order valence-electron chi connectivity index (χ0n) is 14.5. The molecule has 0 spiro atoms. The molecule has 23 heavy (non-hydrogen) atoms. The predicted molar refractivity (Wildman–Crippen MR) is 89.5 cm³/mol. The summed E-state index contributed by atoms with van der Waals surface area (Å²) < 4.78 is 10.9. The third kappa shape index (κ3) is 6.35. The van der Waals surface area contributed by atoms with Gasteiger partial charge in [-0.1, -0.05) is 0 Å². The number of ether oxygens (including phenoxy) is 2. The second kappa shape index (κ2) is 9.08. The lowest BCUT2D eigenvalue weighted by molar-refractivity contribution is -0.127. The number of methoxy groups -OCH3 is 1. The normalized spacial score (nSPS) is 22.7. The molecule has 2 N–H and O–H groups in total. The lowest BCUT2D eigenvalue weighted by Crippen LogP contribution is -2.48. The van der Waals surface area contributed by atoms with Gasteiger partial charge in [0.15, 0.2) is 5.96 Å². The van der Waals surface area contributed by atoms with Gasteiger partial charge in [0.2, 0.25) is 5.91 Å². The Kier molecular flexibility index (Phi) is 7.11. The Bertz CT molecular complexity index is 404. The fraction of sp³-hybridized carbons (Fsp3) is 0.875. The van der Waals surface area contributed by atoms with Crippen molar-refractivity contribution in [3.05, 3.63) is 0 Å². The topological polar surface area (TPSA) is 75.2 Å². The minimum Gasteiger partial charge on any atom is -0.383 e. The van der Waals surface area contributed by atoms with E-state index in [1.807, 2.05) is 0 Å². The first-order valence-electron chi connectivity index (χ1n) is 8.45. The van der Waals surface area contributed by atoms with Gasteiger partial charge in [0, 0.05) is 34.4 Å². The fourth-order valence-corrected chi connectivity index (χ4v) is 2.61. The van der Waals surface area contributed by atoms with Gasteiger partial charge in [0.1, 0.15) is 6.54 Å². The molecule has 2 unspecified atom stereocenters. The molecule has 2 fully saturated rings. The third-order valence-corrected chi connectivity index (χ3v) is 4.25. The highest BCUT2D eigenvalue weighted by atomic mass is 16.5. The molecule has 0 aromatic rings. The summed E-state index contributed by atoms with van der Waals surface area (Å²) in [5.74, 6) is 1.29. The van der Waals surface area contributed by atoms with Crippen LogP contribution in [0.3, 0.4) is 0 Å². The van der Waals surface area contributed by atoms with Gasteiger partial charge < -0.3 is 25.0 Å². The number of amides is 1. The molecule has 1 saturated carbocycles. The number of carbonyl (C=O) groups is 1. The van der Waals surface area contributed by atoms with Crippen molar-refractivity contribution in [2.75, 3.05) is 47.5 Å². The summed E-state index contributed by atoms with van der Waals surface area (Å²) in [5, 5.41) is 6.74. The van der Waals surface area contributed by atoms with Crippen LogP contribution < -0.4 is 10.6 Å². The summed E-state index contributed by atoms with van der Waals surface area (Å²) in [6, 6.07) is 0.241. The molecule has 0 aromatic heterocycles. The first-order chi connectivity index (χ1) is 11.1. The van der Waals surface area contributed by atoms with Gasteiger partial charge in [-0.05, 0) is 31.6 Å². The number of nitrogens with zero attached hydrogens (tertiary/aromatic N) is 2. The predicted octanol–water partition coefficient (Wildman–Crippen LogP) is 0.214. The molecule has 1 saturated heterocycles. The first kappa shape index (κ1) is 18.0. The van der Waals surface area contributed by atoms with Gasteiger partial charge in [0.25, 0.3) is 0 Å². The molecule has 2 atom stereocenters. The number of carbonyl (C=O) groups excluding carboxylic acids is 1. The molecule has 7 heteroatoms. The molecule has 1 heterocycles. The van der Waals surface area contributed by atoms with E-state index in [0.29, 0.717) is 25.0 Å². The summed E-state index contributed by atoms with van der Waals surface area (Å²) in [7, 11) is 5.19. The van der Waals surface area contributed by atoms with Crippen molar-refractivity contribution in [2.45, 2.75) is 37.8 Å². The average Bonchev–Trinajstić information content (AvgIpc) is 3.24. The second-order valence-corrected chi connectivity index (χ2v) is 6.51. The zero-order valence-corrected chi connectivity index (χ0v) is 14.5. The van der Waals surface area contributed by atoms with Crippen molar-refractivity contribution < 1.29 is 14.3 Å². The van der Waals surface area contributed by atoms with Crippen molar-refractivity contribution in [1.29, 1.82) is 0 Å². The number of guanidine groups is 1. The van der Waals surface area contributed by atoms with E-state index in [9.17, 15) is 4.79 Å². The van der Waals surface area contributed by atoms with Crippen LogP contribution in [0, 0.1) is 5.92 Å². The molecule has 2 aliphatic rings. The fourth-order valence-electron chi connectivity index (χ4n) is 2.61. The maximum atomic E-state index is 11.8. The van der Waals surface area contributed by atoms with E-state index in [0.717, 1.165) is 19.4 Å². The third-order valence-electron chi connectivity index (χ3n) is 4.25. The Hall–Kier alpha value is -1.34. The number of nitrogens with one attached hydrogen (secondary N) is 2. The number of likely N-dealkylation sites (N-methyl/N-ethyl adjacent to an activating group) is 1. The monoisotopic (exact) mass is 326 g/mol. The molecule has 0 aromatic carbocycles. The Balaban J connectivity index is 1.90. The van der Waals surface area contributed by atoms with Gasteiger partial charge >= 0.3 is 0 Å². The molecule has 0 bridgehead atoms. The standard InChI is InChI=1S/C16H30N4O3/c1-20(2)15(21)10-18-16(17-9-13-5-4-8-23-13)19-14(11-22-3)12-6-7-12/h12-14H,4-11H2,1-3H3,(H2,17,18,19). The summed E-state index contributed by atoms with van der Waals surface area (Å²) in [6.45, 7) is 2.33. The first-order valence-corrected chi connectivity index (χ1v) is 8.45. The quantitative estimate of drug-likeness (QED) is 0.493. The minimum absolute atomic E-state index is 0.0158. The second-order valence-electron chi connectivity index (χ2n) is 6.51. The van der Waals surface area contributed by atoms with E-state index in [1.165, 1.54) is 12.8 Å². The number of aliphatic imine (C=N–C) groups is 1. The van der Waals surface area contributed by atoms with Crippen molar-refractivity contribution in [3.8, 4) is 0 Å². The molecular formula is C16H30N4O3. The van der Waals surface area contributed by atoms with Crippen molar-refractivity contribution in [2.24, 2.45) is 10.9 Å². The van der Waals surface area contributed by atoms with Gasteiger partial charge in [-0.2, -0.15) is 0 Å². The van der Waals surface area contributed by atoms with E-state index in [2.05, 4.69) is 15.6 Å². The van der Waals surface area contributed by atoms with Crippen LogP contribution in [0.25, 0.3) is 0 Å². The highest BCUT2D eigenvalue weighted by Crippen LogP contribution is 2.32. The van der Waals surface area contributed by atoms with E-state index in [1.54, 1.807) is 26.1 Å². The molecule has 1 aliphatic carbocycles. The number of rotatable bonds is 8. The van der Waals surface area contributed by atoms with Gasteiger partial charge in [-0.3, -0.25) is 4.79 Å². The maximum Gasteiger partial charge on any atom is 0.243 e. The lowest BCUT2D eigenvalue weighted by Gasteiger charge is -2.22. The Morgan fingerprint density at radius 2 is 2.17 bits per heavy atom. The summed E-state index contributed by atoms with van der Waals surface area (Å²) in [6.07, 6.45) is 4.85. The molecule has 1 amide bonds. The Labute approximate surface area is 138 Å². The van der Waals surface area contributed by atoms with Crippen LogP contribution in [0.4, 0.5) is 0 Å². The minimum atomic E-state index is -0.0158. The van der Waals surface area contributed by atoms with Crippen LogP contribution in [-0.2, 0) is 14.3 Å². The highest BCUT2D eigenvalue weighted by molar-refractivity contribution is 5.85. The lowest BCUT2D eigenvalue weighted by atomic mass is 10.2. The molecule has 7 nitrogen and oxygen atoms in total. The molecule has 1 aliphatic heterocycles. The van der Waals surface area contributed by atoms with E-state index >= 15 is 0 Å². The Morgan fingerprint density at radius 3 is 2.74 bits per heavy atom. The van der Waals surface area contributed by atoms with E-state index in [4.69, 9.17) is 9.47 Å². The molecule has 2 rings (SSSR count). The molecular weight excluding hydrogens is 296 g/mol. The van der Waals surface area contributed by atoms with Crippen molar-refractivity contribution >= 4 is 11.9 Å². The van der Waals surface area contributed by atoms with Crippen molar-refractivity contribution in [3.63, 3.8) is 0 Å². The highest BCUT2D eigenvalue weighted by Gasteiger charge is 2.32. The average molecular weight is 326 g/mol. The van der Waals surface area contributed by atoms with Gasteiger partial charge in [0.05, 0.1) is 18.8 Å². The summed E-state index contributed by atoms with van der Waals surface area (Å²) in [4.78, 5) is 17.8. The van der Waals surface area contributed by atoms with E-state index in [-0.39, 0.29) is 24.6 Å². The maximum absolute atomic E-state index is 11.8. The SMILES string of the molecule is COCC(NC(=NCC(=O)N(C)C)NCC1CCCO1)C1CC1. The summed E-state index contributed by atoms with van der Waals surface area (Å²) >= 11 is 0. The molecule has 0 radical (unpaired) electrons. The largest absolute Gasteiger partial charge is 0.383 e. The van der Waals surface area contributed by atoms with Crippen LogP contribution in [0.2, 0.25) is 0 Å². The number of hydrogen-bond donors (Lipinski definition) is 2. The van der Waals surface area contributed by atoms with Crippen LogP contribution in [-0.4, -0.2) is 76.4 Å². The van der Waals surface area contributed by atoms with Crippen LogP contribution in [0.1, 0.15) is 25.7 Å². The van der Waals surface area contributed by atoms with E-state index < -0.39 is 0 Å².